The third-order valence-corrected chi connectivity index (χ3v) is 4.74. The van der Waals surface area contributed by atoms with Crippen LogP contribution in [-0.4, -0.2) is 14.5 Å². The molecule has 0 amide bonds. The van der Waals surface area contributed by atoms with Gasteiger partial charge in [-0.05, 0) is 42.3 Å². The number of nitrogens with one attached hydrogen (secondary N) is 1. The fraction of sp³-hybridized carbons (Fsp3) is 0.250. The van der Waals surface area contributed by atoms with Gasteiger partial charge in [0.1, 0.15) is 12.1 Å². The third kappa shape index (κ3) is 2.69. The molecule has 4 rings (SSSR count). The topological polar surface area (TPSA) is 42.7 Å². The van der Waals surface area contributed by atoms with Gasteiger partial charge >= 0.3 is 0 Å². The van der Waals surface area contributed by atoms with E-state index in [-0.39, 0.29) is 0 Å². The maximum Gasteiger partial charge on any atom is 0.137 e. The summed E-state index contributed by atoms with van der Waals surface area (Å²) in [6, 6.07) is 8.87. The SMILES string of the molecule is c1csc(C(Nc2ccc(-n3ccnc3)nc2)C2CC2)c1. The number of hydrogen-bond donors (Lipinski definition) is 1. The molecule has 4 nitrogen and oxygen atoms in total. The summed E-state index contributed by atoms with van der Waals surface area (Å²) < 4.78 is 1.90. The summed E-state index contributed by atoms with van der Waals surface area (Å²) in [6.07, 6.45) is 9.94. The van der Waals surface area contributed by atoms with E-state index in [4.69, 9.17) is 0 Å². The number of imidazole rings is 1. The second-order valence-electron chi connectivity index (χ2n) is 5.35. The van der Waals surface area contributed by atoms with E-state index in [9.17, 15) is 0 Å². The predicted octanol–water partition coefficient (Wildman–Crippen LogP) is 3.89. The van der Waals surface area contributed by atoms with Crippen LogP contribution in [0.4, 0.5) is 5.69 Å². The normalized spacial score (nSPS) is 15.8. The van der Waals surface area contributed by atoms with Crippen molar-refractivity contribution in [1.29, 1.82) is 0 Å². The summed E-state index contributed by atoms with van der Waals surface area (Å²) in [5.74, 6) is 1.65. The van der Waals surface area contributed by atoms with Gasteiger partial charge in [0.15, 0.2) is 0 Å². The zero-order valence-electron chi connectivity index (χ0n) is 11.5. The first-order chi connectivity index (χ1) is 10.4. The summed E-state index contributed by atoms with van der Waals surface area (Å²) in [5.41, 5.74) is 1.07. The van der Waals surface area contributed by atoms with Crippen LogP contribution < -0.4 is 5.32 Å². The Morgan fingerprint density at radius 1 is 1.29 bits per heavy atom. The van der Waals surface area contributed by atoms with Gasteiger partial charge in [0, 0.05) is 17.3 Å². The van der Waals surface area contributed by atoms with Crippen molar-refractivity contribution in [3.63, 3.8) is 0 Å². The minimum absolute atomic E-state index is 0.422. The highest BCUT2D eigenvalue weighted by Crippen LogP contribution is 2.44. The molecule has 1 aliphatic rings. The fourth-order valence-corrected chi connectivity index (χ4v) is 3.39. The van der Waals surface area contributed by atoms with Gasteiger partial charge in [-0.25, -0.2) is 9.97 Å². The molecule has 0 radical (unpaired) electrons. The number of anilines is 1. The summed E-state index contributed by atoms with van der Waals surface area (Å²) >= 11 is 1.82. The first-order valence-corrected chi connectivity index (χ1v) is 8.02. The molecule has 1 unspecified atom stereocenters. The maximum atomic E-state index is 4.50. The molecule has 106 valence electrons. The smallest absolute Gasteiger partial charge is 0.137 e. The highest BCUT2D eigenvalue weighted by molar-refractivity contribution is 7.10. The van der Waals surface area contributed by atoms with E-state index in [1.54, 1.807) is 12.5 Å². The molecule has 3 heterocycles. The Balaban J connectivity index is 1.53. The van der Waals surface area contributed by atoms with Crippen LogP contribution in [0.25, 0.3) is 5.82 Å². The van der Waals surface area contributed by atoms with Crippen molar-refractivity contribution >= 4 is 17.0 Å². The van der Waals surface area contributed by atoms with Crippen LogP contribution in [0.1, 0.15) is 23.8 Å². The first-order valence-electron chi connectivity index (χ1n) is 7.14. The number of rotatable bonds is 5. The molecule has 1 fully saturated rings. The van der Waals surface area contributed by atoms with Gasteiger partial charge in [-0.2, -0.15) is 0 Å². The average Bonchev–Trinajstić information content (AvgIpc) is 3.01. The van der Waals surface area contributed by atoms with Gasteiger partial charge in [-0.15, -0.1) is 11.3 Å². The predicted molar refractivity (Wildman–Crippen MR) is 84.8 cm³/mol. The van der Waals surface area contributed by atoms with Crippen LogP contribution in [0.5, 0.6) is 0 Å². The molecule has 21 heavy (non-hydrogen) atoms. The number of pyridine rings is 1. The number of nitrogens with zero attached hydrogens (tertiary/aromatic N) is 3. The standard InChI is InChI=1S/C16H16N4S/c1-2-14(21-9-1)16(12-3-4-12)19-13-5-6-15(18-10-13)20-8-7-17-11-20/h1-2,5-12,16,19H,3-4H2. The molecule has 3 aromatic rings. The fourth-order valence-electron chi connectivity index (χ4n) is 2.52. The van der Waals surface area contributed by atoms with Crippen molar-refractivity contribution in [2.75, 3.05) is 5.32 Å². The minimum Gasteiger partial charge on any atom is -0.376 e. The highest BCUT2D eigenvalue weighted by atomic mass is 32.1. The second-order valence-corrected chi connectivity index (χ2v) is 6.33. The lowest BCUT2D eigenvalue weighted by Crippen LogP contribution is -2.11. The van der Waals surface area contributed by atoms with Gasteiger partial charge in [0.25, 0.3) is 0 Å². The zero-order valence-corrected chi connectivity index (χ0v) is 12.3. The van der Waals surface area contributed by atoms with Crippen molar-refractivity contribution in [3.8, 4) is 5.82 Å². The van der Waals surface area contributed by atoms with Crippen LogP contribution >= 0.6 is 11.3 Å². The monoisotopic (exact) mass is 296 g/mol. The molecule has 1 saturated carbocycles. The minimum atomic E-state index is 0.422. The van der Waals surface area contributed by atoms with E-state index in [2.05, 4.69) is 38.9 Å². The van der Waals surface area contributed by atoms with Gasteiger partial charge in [-0.3, -0.25) is 4.57 Å². The Morgan fingerprint density at radius 2 is 2.24 bits per heavy atom. The summed E-state index contributed by atoms with van der Waals surface area (Å²) in [4.78, 5) is 9.96. The Bertz CT molecular complexity index is 684. The molecule has 0 saturated heterocycles. The van der Waals surface area contributed by atoms with Gasteiger partial charge < -0.3 is 5.32 Å². The highest BCUT2D eigenvalue weighted by Gasteiger charge is 2.32. The van der Waals surface area contributed by atoms with Crippen LogP contribution in [-0.2, 0) is 0 Å². The van der Waals surface area contributed by atoms with Crippen LogP contribution in [0.3, 0.4) is 0 Å². The molecule has 0 bridgehead atoms. The van der Waals surface area contributed by atoms with Crippen molar-refractivity contribution in [2.24, 2.45) is 5.92 Å². The number of thiophene rings is 1. The van der Waals surface area contributed by atoms with E-state index in [0.717, 1.165) is 17.4 Å². The second kappa shape index (κ2) is 5.33. The molecule has 0 aliphatic heterocycles. The van der Waals surface area contributed by atoms with E-state index < -0.39 is 0 Å². The first kappa shape index (κ1) is 12.6. The summed E-state index contributed by atoms with van der Waals surface area (Å²) in [5, 5.41) is 5.78. The maximum absolute atomic E-state index is 4.50. The summed E-state index contributed by atoms with van der Waals surface area (Å²) in [7, 11) is 0. The number of hydrogen-bond acceptors (Lipinski definition) is 4. The molecule has 5 heteroatoms. The Hall–Kier alpha value is -2.14. The van der Waals surface area contributed by atoms with Crippen molar-refractivity contribution in [3.05, 3.63) is 59.4 Å². The quantitative estimate of drug-likeness (QED) is 0.776. The van der Waals surface area contributed by atoms with Gasteiger partial charge in [0.05, 0.1) is 17.9 Å². The molecule has 0 spiro atoms. The lowest BCUT2D eigenvalue weighted by atomic mass is 10.1. The van der Waals surface area contributed by atoms with Crippen LogP contribution in [0, 0.1) is 5.92 Å². The van der Waals surface area contributed by atoms with Crippen LogP contribution in [0.15, 0.2) is 54.6 Å². The Morgan fingerprint density at radius 3 is 2.86 bits per heavy atom. The molecule has 1 N–H and O–H groups in total. The Labute approximate surface area is 127 Å². The molecule has 0 aromatic carbocycles. The largest absolute Gasteiger partial charge is 0.376 e. The van der Waals surface area contributed by atoms with Gasteiger partial charge in [-0.1, -0.05) is 6.07 Å². The third-order valence-electron chi connectivity index (χ3n) is 3.78. The lowest BCUT2D eigenvalue weighted by molar-refractivity contribution is 0.690. The zero-order chi connectivity index (χ0) is 14.1. The number of aromatic nitrogens is 3. The molecule has 3 aromatic heterocycles. The van der Waals surface area contributed by atoms with Crippen LogP contribution in [0.2, 0.25) is 0 Å². The average molecular weight is 296 g/mol. The lowest BCUT2D eigenvalue weighted by Gasteiger charge is -2.18. The molecule has 1 atom stereocenters. The molecular formula is C16H16N4S. The van der Waals surface area contributed by atoms with Crippen molar-refractivity contribution in [1.82, 2.24) is 14.5 Å². The van der Waals surface area contributed by atoms with E-state index in [1.807, 2.05) is 34.4 Å². The molecular weight excluding hydrogens is 280 g/mol. The summed E-state index contributed by atoms with van der Waals surface area (Å²) in [6.45, 7) is 0. The van der Waals surface area contributed by atoms with E-state index >= 15 is 0 Å². The van der Waals surface area contributed by atoms with E-state index in [1.165, 1.54) is 17.7 Å². The van der Waals surface area contributed by atoms with Crippen molar-refractivity contribution in [2.45, 2.75) is 18.9 Å². The van der Waals surface area contributed by atoms with E-state index in [0.29, 0.717) is 6.04 Å². The molecule has 1 aliphatic carbocycles. The van der Waals surface area contributed by atoms with Gasteiger partial charge in [0.2, 0.25) is 0 Å². The van der Waals surface area contributed by atoms with Crippen molar-refractivity contribution < 1.29 is 0 Å². The Kier molecular flexibility index (Phi) is 3.20.